The van der Waals surface area contributed by atoms with Crippen LogP contribution in [0.4, 0.5) is 5.69 Å². The van der Waals surface area contributed by atoms with Crippen molar-refractivity contribution in [3.63, 3.8) is 0 Å². The fourth-order valence-electron chi connectivity index (χ4n) is 3.11. The van der Waals surface area contributed by atoms with E-state index in [-0.39, 0.29) is 24.0 Å². The van der Waals surface area contributed by atoms with Crippen LogP contribution >= 0.6 is 24.0 Å². The molecule has 0 unspecified atom stereocenters. The SMILES string of the molecule is CN=C(NCc1cccc(OC)c1)N1CCN(c2ccccc2)CC1.I. The van der Waals surface area contributed by atoms with E-state index in [0.29, 0.717) is 0 Å². The predicted octanol–water partition coefficient (Wildman–Crippen LogP) is 3.21. The van der Waals surface area contributed by atoms with E-state index in [9.17, 15) is 0 Å². The van der Waals surface area contributed by atoms with Crippen molar-refractivity contribution in [2.45, 2.75) is 6.54 Å². The lowest BCUT2D eigenvalue weighted by molar-refractivity contribution is 0.372. The lowest BCUT2D eigenvalue weighted by Gasteiger charge is -2.37. The highest BCUT2D eigenvalue weighted by Gasteiger charge is 2.19. The first kappa shape index (κ1) is 20.4. The van der Waals surface area contributed by atoms with Gasteiger partial charge < -0.3 is 19.9 Å². The molecule has 0 atom stereocenters. The maximum Gasteiger partial charge on any atom is 0.194 e. The highest BCUT2D eigenvalue weighted by atomic mass is 127. The van der Waals surface area contributed by atoms with E-state index in [0.717, 1.165) is 44.4 Å². The second-order valence-electron chi connectivity index (χ2n) is 6.06. The number of hydrogen-bond acceptors (Lipinski definition) is 3. The van der Waals surface area contributed by atoms with Crippen LogP contribution in [-0.2, 0) is 6.54 Å². The van der Waals surface area contributed by atoms with Gasteiger partial charge in [0.1, 0.15) is 5.75 Å². The number of nitrogens with zero attached hydrogens (tertiary/aromatic N) is 3. The van der Waals surface area contributed by atoms with Crippen molar-refractivity contribution in [1.82, 2.24) is 10.2 Å². The van der Waals surface area contributed by atoms with E-state index < -0.39 is 0 Å². The Kier molecular flexibility index (Phi) is 8.03. The van der Waals surface area contributed by atoms with Gasteiger partial charge in [0.15, 0.2) is 5.96 Å². The Morgan fingerprint density at radius 2 is 1.77 bits per heavy atom. The molecule has 26 heavy (non-hydrogen) atoms. The predicted molar refractivity (Wildman–Crippen MR) is 119 cm³/mol. The number of benzene rings is 2. The minimum atomic E-state index is 0. The Morgan fingerprint density at radius 3 is 2.42 bits per heavy atom. The number of piperazine rings is 1. The molecule has 1 fully saturated rings. The number of para-hydroxylation sites is 1. The zero-order chi connectivity index (χ0) is 17.5. The molecule has 1 aliphatic rings. The fourth-order valence-corrected chi connectivity index (χ4v) is 3.11. The van der Waals surface area contributed by atoms with Gasteiger partial charge in [-0.2, -0.15) is 0 Å². The third-order valence-corrected chi connectivity index (χ3v) is 4.50. The van der Waals surface area contributed by atoms with Gasteiger partial charge in [-0.25, -0.2) is 0 Å². The summed E-state index contributed by atoms with van der Waals surface area (Å²) in [6.45, 7) is 4.68. The Balaban J connectivity index is 0.00000243. The lowest BCUT2D eigenvalue weighted by atomic mass is 10.2. The molecular weight excluding hydrogens is 439 g/mol. The molecule has 0 amide bonds. The topological polar surface area (TPSA) is 40.1 Å². The summed E-state index contributed by atoms with van der Waals surface area (Å²) in [5.41, 5.74) is 2.48. The summed E-state index contributed by atoms with van der Waals surface area (Å²) in [4.78, 5) is 9.19. The minimum Gasteiger partial charge on any atom is -0.497 e. The molecule has 140 valence electrons. The summed E-state index contributed by atoms with van der Waals surface area (Å²) in [5.74, 6) is 1.83. The first-order valence-corrected chi connectivity index (χ1v) is 8.68. The summed E-state index contributed by atoms with van der Waals surface area (Å²) < 4.78 is 5.28. The molecule has 2 aromatic rings. The lowest BCUT2D eigenvalue weighted by Crippen LogP contribution is -2.52. The van der Waals surface area contributed by atoms with Gasteiger partial charge >= 0.3 is 0 Å². The van der Waals surface area contributed by atoms with Gasteiger partial charge in [-0.1, -0.05) is 30.3 Å². The Morgan fingerprint density at radius 1 is 1.04 bits per heavy atom. The van der Waals surface area contributed by atoms with E-state index in [1.165, 1.54) is 11.3 Å². The summed E-state index contributed by atoms with van der Waals surface area (Å²) in [5, 5.41) is 3.46. The number of halogens is 1. The molecule has 1 aliphatic heterocycles. The maximum atomic E-state index is 5.28. The maximum absolute atomic E-state index is 5.28. The second-order valence-corrected chi connectivity index (χ2v) is 6.06. The summed E-state index contributed by atoms with van der Waals surface area (Å²) in [6.07, 6.45) is 0. The van der Waals surface area contributed by atoms with Crippen LogP contribution in [0.3, 0.4) is 0 Å². The molecule has 1 saturated heterocycles. The molecule has 0 bridgehead atoms. The van der Waals surface area contributed by atoms with E-state index in [1.54, 1.807) is 7.11 Å². The molecule has 0 aliphatic carbocycles. The summed E-state index contributed by atoms with van der Waals surface area (Å²) >= 11 is 0. The zero-order valence-electron chi connectivity index (χ0n) is 15.4. The average Bonchev–Trinajstić information content (AvgIpc) is 2.70. The number of methoxy groups -OCH3 is 1. The van der Waals surface area contributed by atoms with Crippen LogP contribution in [0.1, 0.15) is 5.56 Å². The van der Waals surface area contributed by atoms with E-state index in [4.69, 9.17) is 4.74 Å². The number of aliphatic imine (C=N–C) groups is 1. The van der Waals surface area contributed by atoms with Crippen molar-refractivity contribution < 1.29 is 4.74 Å². The smallest absolute Gasteiger partial charge is 0.194 e. The number of anilines is 1. The highest BCUT2D eigenvalue weighted by molar-refractivity contribution is 14.0. The van der Waals surface area contributed by atoms with E-state index in [2.05, 4.69) is 56.5 Å². The van der Waals surface area contributed by atoms with Crippen LogP contribution in [-0.4, -0.2) is 51.2 Å². The number of hydrogen-bond donors (Lipinski definition) is 1. The molecule has 6 heteroatoms. The number of rotatable bonds is 4. The van der Waals surface area contributed by atoms with Crippen molar-refractivity contribution in [3.8, 4) is 5.75 Å². The molecule has 0 radical (unpaired) electrons. The van der Waals surface area contributed by atoms with Crippen molar-refractivity contribution in [3.05, 3.63) is 60.2 Å². The van der Waals surface area contributed by atoms with Gasteiger partial charge in [0.05, 0.1) is 7.11 Å². The standard InChI is InChI=1S/C20H26N4O.HI/c1-21-20(22-16-17-7-6-10-19(15-17)25-2)24-13-11-23(12-14-24)18-8-4-3-5-9-18;/h3-10,15H,11-14,16H2,1-2H3,(H,21,22);1H. The van der Waals surface area contributed by atoms with Crippen LogP contribution < -0.4 is 15.0 Å². The molecule has 0 spiro atoms. The van der Waals surface area contributed by atoms with Gasteiger partial charge in [-0.15, -0.1) is 24.0 Å². The van der Waals surface area contributed by atoms with Crippen molar-refractivity contribution in [2.24, 2.45) is 4.99 Å². The van der Waals surface area contributed by atoms with Crippen LogP contribution in [0.5, 0.6) is 5.75 Å². The van der Waals surface area contributed by atoms with Crippen molar-refractivity contribution in [1.29, 1.82) is 0 Å². The molecule has 0 aromatic heterocycles. The average molecular weight is 466 g/mol. The third kappa shape index (κ3) is 5.27. The number of nitrogens with one attached hydrogen (secondary N) is 1. The summed E-state index contributed by atoms with van der Waals surface area (Å²) in [6, 6.07) is 18.7. The van der Waals surface area contributed by atoms with Gasteiger partial charge in [0.2, 0.25) is 0 Å². The molecule has 0 saturated carbocycles. The van der Waals surface area contributed by atoms with E-state index in [1.807, 2.05) is 25.2 Å². The molecule has 3 rings (SSSR count). The highest BCUT2D eigenvalue weighted by Crippen LogP contribution is 2.16. The van der Waals surface area contributed by atoms with Crippen LogP contribution in [0, 0.1) is 0 Å². The van der Waals surface area contributed by atoms with Gasteiger partial charge in [0, 0.05) is 45.5 Å². The quantitative estimate of drug-likeness (QED) is 0.427. The van der Waals surface area contributed by atoms with Gasteiger partial charge in [0.25, 0.3) is 0 Å². The fraction of sp³-hybridized carbons (Fsp3) is 0.350. The Labute approximate surface area is 173 Å². The first-order valence-electron chi connectivity index (χ1n) is 8.68. The van der Waals surface area contributed by atoms with Gasteiger partial charge in [-0.3, -0.25) is 4.99 Å². The molecular formula is C20H27IN4O. The van der Waals surface area contributed by atoms with E-state index >= 15 is 0 Å². The van der Waals surface area contributed by atoms with Gasteiger partial charge in [-0.05, 0) is 29.8 Å². The zero-order valence-corrected chi connectivity index (χ0v) is 17.7. The molecule has 1 N–H and O–H groups in total. The van der Waals surface area contributed by atoms with Crippen LogP contribution in [0.2, 0.25) is 0 Å². The molecule has 1 heterocycles. The summed E-state index contributed by atoms with van der Waals surface area (Å²) in [7, 11) is 3.54. The normalized spacial score (nSPS) is 14.6. The Bertz CT molecular complexity index is 700. The monoisotopic (exact) mass is 466 g/mol. The minimum absolute atomic E-state index is 0. The number of guanidine groups is 1. The third-order valence-electron chi connectivity index (χ3n) is 4.50. The first-order chi connectivity index (χ1) is 12.3. The van der Waals surface area contributed by atoms with Crippen LogP contribution in [0.25, 0.3) is 0 Å². The molecule has 2 aromatic carbocycles. The van der Waals surface area contributed by atoms with Crippen molar-refractivity contribution in [2.75, 3.05) is 45.2 Å². The number of ether oxygens (including phenoxy) is 1. The largest absolute Gasteiger partial charge is 0.497 e. The van der Waals surface area contributed by atoms with Crippen LogP contribution in [0.15, 0.2) is 59.6 Å². The second kappa shape index (κ2) is 10.3. The van der Waals surface area contributed by atoms with Crippen molar-refractivity contribution >= 4 is 35.6 Å². The molecule has 5 nitrogen and oxygen atoms in total. The Hall–Kier alpha value is -1.96.